The maximum absolute atomic E-state index is 12.0. The third kappa shape index (κ3) is 3.33. The Morgan fingerprint density at radius 1 is 1.25 bits per heavy atom. The highest BCUT2D eigenvalue weighted by atomic mass is 35.5. The molecule has 20 heavy (non-hydrogen) atoms. The minimum atomic E-state index is -1.66. The topological polar surface area (TPSA) is 74.2 Å². The van der Waals surface area contributed by atoms with Gasteiger partial charge >= 0.3 is 5.97 Å². The number of halogens is 1. The highest BCUT2D eigenvalue weighted by Crippen LogP contribution is 2.28. The highest BCUT2D eigenvalue weighted by molar-refractivity contribution is 6.30. The Hall–Kier alpha value is -1.50. The van der Waals surface area contributed by atoms with E-state index in [2.05, 4.69) is 5.18 Å². The molecule has 6 nitrogen and oxygen atoms in total. The van der Waals surface area contributed by atoms with E-state index in [0.717, 1.165) is 0 Å². The van der Waals surface area contributed by atoms with Crippen LogP contribution in [0, 0.1) is 4.91 Å². The minimum absolute atomic E-state index is 0.150. The fourth-order valence-corrected chi connectivity index (χ4v) is 1.73. The van der Waals surface area contributed by atoms with Crippen molar-refractivity contribution in [2.45, 2.75) is 25.4 Å². The maximum Gasteiger partial charge on any atom is 0.340 e. The number of carbonyl (C=O) groups excluding carboxylic acids is 1. The lowest BCUT2D eigenvalue weighted by Crippen LogP contribution is -2.52. The molecule has 1 aromatic rings. The number of hydrogen-bond acceptors (Lipinski definition) is 6. The van der Waals surface area contributed by atoms with Crippen molar-refractivity contribution in [1.82, 2.24) is 0 Å². The average molecular weight is 300 g/mol. The number of carbonyl (C=O) groups is 1. The Bertz CT molecular complexity index is 504. The van der Waals surface area contributed by atoms with Gasteiger partial charge in [-0.1, -0.05) is 11.6 Å². The lowest BCUT2D eigenvalue weighted by molar-refractivity contribution is -0.298. The van der Waals surface area contributed by atoms with Crippen molar-refractivity contribution < 1.29 is 19.0 Å². The molecule has 0 atom stereocenters. The molecule has 2 rings (SSSR count). The number of ether oxygens (including phenoxy) is 3. The molecule has 0 aromatic heterocycles. The molecule has 1 fully saturated rings. The quantitative estimate of drug-likeness (QED) is 0.634. The molecular weight excluding hydrogens is 286 g/mol. The molecule has 1 aliphatic heterocycles. The molecule has 0 radical (unpaired) electrons. The molecule has 0 aliphatic carbocycles. The Morgan fingerprint density at radius 3 is 2.30 bits per heavy atom. The van der Waals surface area contributed by atoms with Crippen molar-refractivity contribution in [3.05, 3.63) is 39.8 Å². The molecule has 108 valence electrons. The van der Waals surface area contributed by atoms with Crippen LogP contribution in [0.15, 0.2) is 29.4 Å². The smallest absolute Gasteiger partial charge is 0.340 e. The van der Waals surface area contributed by atoms with E-state index in [1.54, 1.807) is 26.0 Å². The van der Waals surface area contributed by atoms with Crippen LogP contribution in [-0.2, 0) is 14.2 Å². The van der Waals surface area contributed by atoms with E-state index in [1.165, 1.54) is 12.1 Å². The van der Waals surface area contributed by atoms with Gasteiger partial charge in [-0.25, -0.2) is 4.79 Å². The van der Waals surface area contributed by atoms with Gasteiger partial charge in [0.25, 0.3) is 5.72 Å². The van der Waals surface area contributed by atoms with E-state index in [-0.39, 0.29) is 18.8 Å². The Labute approximate surface area is 120 Å². The summed E-state index contributed by atoms with van der Waals surface area (Å²) in [5, 5.41) is 3.35. The van der Waals surface area contributed by atoms with E-state index >= 15 is 0 Å². The summed E-state index contributed by atoms with van der Waals surface area (Å²) >= 11 is 5.73. The van der Waals surface area contributed by atoms with Crippen molar-refractivity contribution in [2.75, 3.05) is 13.2 Å². The van der Waals surface area contributed by atoms with Gasteiger partial charge in [-0.3, -0.25) is 0 Å². The monoisotopic (exact) mass is 299 g/mol. The predicted molar refractivity (Wildman–Crippen MR) is 71.4 cm³/mol. The molecule has 0 amide bonds. The first-order valence-corrected chi connectivity index (χ1v) is 6.35. The number of benzene rings is 1. The van der Waals surface area contributed by atoms with Gasteiger partial charge in [-0.05, 0) is 43.3 Å². The molecule has 1 aromatic carbocycles. The lowest BCUT2D eigenvalue weighted by atomic mass is 10.2. The van der Waals surface area contributed by atoms with Crippen molar-refractivity contribution in [3.63, 3.8) is 0 Å². The molecule has 0 bridgehead atoms. The molecule has 1 heterocycles. The SMILES string of the molecule is CC1(C)OCC(N=O)(OC(=O)c2ccc(Cl)cc2)CO1. The van der Waals surface area contributed by atoms with Crippen molar-refractivity contribution in [3.8, 4) is 0 Å². The molecule has 0 unspecified atom stereocenters. The molecule has 1 aliphatic rings. The number of esters is 1. The van der Waals surface area contributed by atoms with Gasteiger partial charge in [0.2, 0.25) is 0 Å². The van der Waals surface area contributed by atoms with Gasteiger partial charge in [0, 0.05) is 5.02 Å². The van der Waals surface area contributed by atoms with Crippen LogP contribution >= 0.6 is 11.6 Å². The Morgan fingerprint density at radius 2 is 1.80 bits per heavy atom. The van der Waals surface area contributed by atoms with Crippen LogP contribution in [0.4, 0.5) is 0 Å². The first-order valence-electron chi connectivity index (χ1n) is 5.97. The van der Waals surface area contributed by atoms with Gasteiger partial charge in [0.15, 0.2) is 5.79 Å². The Balaban J connectivity index is 2.09. The molecule has 7 heteroatoms. The molecular formula is C13H14ClNO5. The fourth-order valence-electron chi connectivity index (χ4n) is 1.60. The Kier molecular flexibility index (Phi) is 4.08. The van der Waals surface area contributed by atoms with Crippen LogP contribution in [0.2, 0.25) is 5.02 Å². The number of rotatable bonds is 3. The lowest BCUT2D eigenvalue weighted by Gasteiger charge is -2.38. The summed E-state index contributed by atoms with van der Waals surface area (Å²) in [4.78, 5) is 23.0. The molecule has 0 spiro atoms. The standard InChI is InChI=1S/C13H14ClNO5/c1-12(2)18-7-13(15-17,8-19-12)20-11(16)9-3-5-10(14)6-4-9/h3-6H,7-8H2,1-2H3. The van der Waals surface area contributed by atoms with Crippen molar-refractivity contribution in [1.29, 1.82) is 0 Å². The summed E-state index contributed by atoms with van der Waals surface area (Å²) in [6, 6.07) is 6.10. The zero-order chi connectivity index (χ0) is 14.8. The second-order valence-corrected chi connectivity index (χ2v) is 5.35. The van der Waals surface area contributed by atoms with Gasteiger partial charge in [-0.15, -0.1) is 4.91 Å². The van der Waals surface area contributed by atoms with Crippen molar-refractivity contribution in [2.24, 2.45) is 5.18 Å². The normalized spacial score (nSPS) is 20.1. The minimum Gasteiger partial charge on any atom is -0.425 e. The van der Waals surface area contributed by atoms with Crippen molar-refractivity contribution >= 4 is 17.6 Å². The number of hydrogen-bond donors (Lipinski definition) is 0. The van der Waals surface area contributed by atoms with Gasteiger partial charge < -0.3 is 14.2 Å². The second-order valence-electron chi connectivity index (χ2n) is 4.91. The second kappa shape index (κ2) is 5.47. The van der Waals surface area contributed by atoms with Crippen LogP contribution in [0.5, 0.6) is 0 Å². The summed E-state index contributed by atoms with van der Waals surface area (Å²) in [6.07, 6.45) is 0. The van der Waals surface area contributed by atoms with Gasteiger partial charge in [0.1, 0.15) is 13.2 Å². The maximum atomic E-state index is 12.0. The predicted octanol–water partition coefficient (Wildman–Crippen LogP) is 2.74. The molecule has 0 saturated carbocycles. The fraction of sp³-hybridized carbons (Fsp3) is 0.462. The average Bonchev–Trinajstić information content (AvgIpc) is 2.42. The highest BCUT2D eigenvalue weighted by Gasteiger charge is 2.45. The summed E-state index contributed by atoms with van der Waals surface area (Å²) in [7, 11) is 0. The van der Waals surface area contributed by atoms with Gasteiger partial charge in [0.05, 0.1) is 5.56 Å². The summed E-state index contributed by atoms with van der Waals surface area (Å²) < 4.78 is 15.8. The summed E-state index contributed by atoms with van der Waals surface area (Å²) in [5.74, 6) is -1.52. The van der Waals surface area contributed by atoms with E-state index in [0.29, 0.717) is 5.02 Å². The van der Waals surface area contributed by atoms with Gasteiger partial charge in [-0.2, -0.15) is 0 Å². The van der Waals surface area contributed by atoms with Crippen LogP contribution in [0.25, 0.3) is 0 Å². The first kappa shape index (κ1) is 14.9. The number of nitrogens with zero attached hydrogens (tertiary/aromatic N) is 1. The third-order valence-electron chi connectivity index (χ3n) is 2.82. The summed E-state index contributed by atoms with van der Waals surface area (Å²) in [6.45, 7) is 3.09. The zero-order valence-electron chi connectivity index (χ0n) is 11.1. The van der Waals surface area contributed by atoms with E-state index < -0.39 is 17.5 Å². The molecule has 1 saturated heterocycles. The van der Waals surface area contributed by atoms with Crippen LogP contribution < -0.4 is 0 Å². The first-order chi connectivity index (χ1) is 9.36. The van der Waals surface area contributed by atoms with Crippen LogP contribution in [-0.4, -0.2) is 30.7 Å². The van der Waals surface area contributed by atoms with Crippen LogP contribution in [0.3, 0.4) is 0 Å². The summed E-state index contributed by atoms with van der Waals surface area (Å²) in [5.41, 5.74) is -1.39. The van der Waals surface area contributed by atoms with E-state index in [1.807, 2.05) is 0 Å². The third-order valence-corrected chi connectivity index (χ3v) is 3.07. The van der Waals surface area contributed by atoms with E-state index in [4.69, 9.17) is 25.8 Å². The zero-order valence-corrected chi connectivity index (χ0v) is 11.8. The largest absolute Gasteiger partial charge is 0.425 e. The van der Waals surface area contributed by atoms with E-state index in [9.17, 15) is 9.70 Å². The number of nitroso groups, excluding NO2 is 1. The molecule has 0 N–H and O–H groups in total. The van der Waals surface area contributed by atoms with Crippen LogP contribution in [0.1, 0.15) is 24.2 Å².